The zero-order valence-corrected chi connectivity index (χ0v) is 36.0. The maximum Gasteiger partial charge on any atom is 0.242 e. The molecule has 1 N–H and O–H groups in total. The Labute approximate surface area is 370 Å². The van der Waals surface area contributed by atoms with Crippen molar-refractivity contribution in [2.75, 3.05) is 23.0 Å². The van der Waals surface area contributed by atoms with E-state index in [1.807, 2.05) is 80.6 Å². The van der Waals surface area contributed by atoms with Gasteiger partial charge in [0.15, 0.2) is 5.58 Å². The van der Waals surface area contributed by atoms with Gasteiger partial charge in [-0.25, -0.2) is 9.88 Å². The SMILES string of the molecule is Cc1c(-c2cc(N3C(=O)[C@@H]4C[C@@H]5C(=CC[C@@H]6C(=O)N(c7ccc(-c8nc9ccccc9o8)cc7)C(=O)[C@@H]65)[C@H](c5ccccc5OCCO)[C@]4(C)C3=O)n(C)n2)sc2ccc(Cl)cc12. The van der Waals surface area contributed by atoms with Crippen LogP contribution < -0.4 is 14.5 Å². The predicted octanol–water partition coefficient (Wildman–Crippen LogP) is 8.88. The lowest BCUT2D eigenvalue weighted by atomic mass is 9.51. The van der Waals surface area contributed by atoms with Crippen LogP contribution in [0.5, 0.6) is 5.75 Å². The van der Waals surface area contributed by atoms with E-state index in [1.165, 1.54) is 9.80 Å². The van der Waals surface area contributed by atoms with Crippen molar-refractivity contribution in [1.29, 1.82) is 0 Å². The Kier molecular flexibility index (Phi) is 9.13. The minimum atomic E-state index is -1.31. The summed E-state index contributed by atoms with van der Waals surface area (Å²) in [6.45, 7) is 3.65. The third kappa shape index (κ3) is 5.82. The number of aryl methyl sites for hydroxylation is 2. The second kappa shape index (κ2) is 14.6. The largest absolute Gasteiger partial charge is 0.491 e. The van der Waals surface area contributed by atoms with Crippen molar-refractivity contribution >= 4 is 79.3 Å². The summed E-state index contributed by atoms with van der Waals surface area (Å²) >= 11 is 7.92. The maximum absolute atomic E-state index is 15.4. The number of anilines is 2. The van der Waals surface area contributed by atoms with E-state index in [4.69, 9.17) is 25.9 Å². The zero-order valence-electron chi connectivity index (χ0n) is 34.4. The number of nitrogens with zero attached hydrogens (tertiary/aromatic N) is 5. The van der Waals surface area contributed by atoms with E-state index in [-0.39, 0.29) is 49.7 Å². The minimum absolute atomic E-state index is 0.0182. The highest BCUT2D eigenvalue weighted by atomic mass is 35.5. The van der Waals surface area contributed by atoms with Gasteiger partial charge in [0.25, 0.3) is 0 Å². The van der Waals surface area contributed by atoms with Crippen LogP contribution in [0.2, 0.25) is 5.02 Å². The molecule has 4 aliphatic rings. The fraction of sp³-hybridized carbons (Fsp3) is 0.265. The Morgan fingerprint density at radius 1 is 0.921 bits per heavy atom. The fourth-order valence-electron chi connectivity index (χ4n) is 10.8. The molecule has 6 atom stereocenters. The Morgan fingerprint density at radius 3 is 2.49 bits per heavy atom. The van der Waals surface area contributed by atoms with Gasteiger partial charge in [0.1, 0.15) is 29.4 Å². The van der Waals surface area contributed by atoms with Crippen LogP contribution >= 0.6 is 22.9 Å². The Balaban J connectivity index is 0.977. The molecule has 0 bridgehead atoms. The van der Waals surface area contributed by atoms with E-state index >= 15 is 9.59 Å². The molecule has 0 radical (unpaired) electrons. The molecule has 2 saturated heterocycles. The van der Waals surface area contributed by atoms with Crippen LogP contribution in [0.3, 0.4) is 0 Å². The van der Waals surface area contributed by atoms with Crippen molar-refractivity contribution in [2.24, 2.45) is 36.1 Å². The Morgan fingerprint density at radius 2 is 1.70 bits per heavy atom. The van der Waals surface area contributed by atoms with Gasteiger partial charge < -0.3 is 14.3 Å². The third-order valence-electron chi connectivity index (χ3n) is 13.7. The van der Waals surface area contributed by atoms with E-state index in [2.05, 4.69) is 4.98 Å². The molecule has 316 valence electrons. The summed E-state index contributed by atoms with van der Waals surface area (Å²) in [7, 11) is 1.72. The number of carbonyl (C=O) groups is 4. The van der Waals surface area contributed by atoms with Gasteiger partial charge in [-0.1, -0.05) is 53.6 Å². The maximum atomic E-state index is 15.4. The molecule has 4 amide bonds. The highest BCUT2D eigenvalue weighted by Gasteiger charge is 2.68. The van der Waals surface area contributed by atoms with E-state index in [0.717, 1.165) is 31.6 Å². The number of aliphatic hydroxyl groups is 1. The number of benzene rings is 4. The number of carbonyl (C=O) groups excluding carboxylic acids is 4. The van der Waals surface area contributed by atoms with Crippen molar-refractivity contribution in [3.8, 4) is 27.8 Å². The first-order valence-electron chi connectivity index (χ1n) is 21.0. The number of rotatable bonds is 8. The molecule has 7 aromatic rings. The summed E-state index contributed by atoms with van der Waals surface area (Å²) in [4.78, 5) is 67.8. The van der Waals surface area contributed by atoms with E-state index in [1.54, 1.807) is 59.5 Å². The first-order valence-corrected chi connectivity index (χ1v) is 22.1. The summed E-state index contributed by atoms with van der Waals surface area (Å²) in [6, 6.07) is 29.4. The average Bonchev–Trinajstić information content (AvgIpc) is 4.07. The van der Waals surface area contributed by atoms with Crippen LogP contribution in [0.4, 0.5) is 11.5 Å². The average molecular weight is 878 g/mol. The number of ether oxygens (including phenoxy) is 1. The molecule has 0 spiro atoms. The van der Waals surface area contributed by atoms with Crippen LogP contribution in [0.15, 0.2) is 113 Å². The van der Waals surface area contributed by atoms with Gasteiger partial charge in [0.05, 0.1) is 40.3 Å². The highest BCUT2D eigenvalue weighted by molar-refractivity contribution is 7.22. The number of hydrogen-bond acceptors (Lipinski definition) is 10. The quantitative estimate of drug-likeness (QED) is 0.117. The molecule has 2 aliphatic carbocycles. The molecular formula is C49H40ClN5O7S. The highest BCUT2D eigenvalue weighted by Crippen LogP contribution is 2.64. The molecule has 2 aliphatic heterocycles. The van der Waals surface area contributed by atoms with Gasteiger partial charge in [0, 0.05) is 39.9 Å². The lowest BCUT2D eigenvalue weighted by Gasteiger charge is -2.49. The van der Waals surface area contributed by atoms with Gasteiger partial charge in [-0.05, 0) is 104 Å². The predicted molar refractivity (Wildman–Crippen MR) is 239 cm³/mol. The summed E-state index contributed by atoms with van der Waals surface area (Å²) < 4.78 is 14.7. The number of fused-ring (bicyclic) bond motifs is 6. The van der Waals surface area contributed by atoms with Gasteiger partial charge in [0.2, 0.25) is 29.5 Å². The van der Waals surface area contributed by atoms with Crippen molar-refractivity contribution in [3.63, 3.8) is 0 Å². The van der Waals surface area contributed by atoms with Crippen LogP contribution in [0, 0.1) is 36.0 Å². The molecule has 4 aromatic carbocycles. The fourth-order valence-corrected chi connectivity index (χ4v) is 12.1. The molecule has 5 heterocycles. The molecule has 0 unspecified atom stereocenters. The Hall–Kier alpha value is -6.41. The summed E-state index contributed by atoms with van der Waals surface area (Å²) in [5.41, 5.74) is 4.32. The number of aromatic nitrogens is 3. The minimum Gasteiger partial charge on any atom is -0.491 e. The van der Waals surface area contributed by atoms with Crippen LogP contribution in [0.25, 0.3) is 43.2 Å². The van der Waals surface area contributed by atoms with Crippen LogP contribution in [-0.2, 0) is 26.2 Å². The molecule has 14 heteroatoms. The van der Waals surface area contributed by atoms with E-state index < -0.39 is 35.0 Å². The van der Waals surface area contributed by atoms with Gasteiger partial charge >= 0.3 is 0 Å². The zero-order chi connectivity index (χ0) is 43.5. The molecule has 3 fully saturated rings. The molecule has 3 aromatic heterocycles. The van der Waals surface area contributed by atoms with Gasteiger partial charge in [-0.15, -0.1) is 11.3 Å². The van der Waals surface area contributed by atoms with Crippen LogP contribution in [0.1, 0.15) is 36.8 Å². The molecule has 63 heavy (non-hydrogen) atoms. The second-order valence-electron chi connectivity index (χ2n) is 17.0. The number of amides is 4. The summed E-state index contributed by atoms with van der Waals surface area (Å²) in [6.07, 6.45) is 2.49. The van der Waals surface area contributed by atoms with Crippen molar-refractivity contribution in [2.45, 2.75) is 32.6 Å². The normalized spacial score (nSPS) is 24.3. The topological polar surface area (TPSA) is 148 Å². The number of halogens is 1. The summed E-state index contributed by atoms with van der Waals surface area (Å²) in [5, 5.41) is 16.3. The van der Waals surface area contributed by atoms with Gasteiger partial charge in [-0.2, -0.15) is 5.10 Å². The smallest absolute Gasteiger partial charge is 0.242 e. The monoisotopic (exact) mass is 877 g/mol. The number of aliphatic hydroxyl groups excluding tert-OH is 1. The lowest BCUT2D eigenvalue weighted by molar-refractivity contribution is -0.131. The number of thiophene rings is 1. The molecule has 11 rings (SSSR count). The third-order valence-corrected chi connectivity index (χ3v) is 15.3. The standard InChI is InChI=1S/C49H40ClN5O7S/c1-25-32-22-27(50)14-19-39(32)63-43(25)36-24-40(53(3)52-36)55-46(58)34-23-33-29(42(49(34,2)48(55)60)30-8-4-6-10-37(30)61-21-20-56)17-18-31-41(33)47(59)54(45(31)57)28-15-12-26(13-16-28)44-51-35-9-5-7-11-38(35)62-44/h4-17,19,22,24,31,33-34,41-42,56H,18,20-21,23H2,1-3H3/t31-,33+,34-,41-,42+,49+/m0/s1. The first-order chi connectivity index (χ1) is 30.5. The summed E-state index contributed by atoms with van der Waals surface area (Å²) in [5.74, 6) is -3.70. The van der Waals surface area contributed by atoms with E-state index in [9.17, 15) is 14.7 Å². The van der Waals surface area contributed by atoms with Crippen LogP contribution in [-0.4, -0.2) is 56.7 Å². The second-order valence-corrected chi connectivity index (χ2v) is 18.5. The first kappa shape index (κ1) is 39.4. The molecule has 12 nitrogen and oxygen atoms in total. The number of hydrogen-bond donors (Lipinski definition) is 1. The van der Waals surface area contributed by atoms with Crippen molar-refractivity contribution in [3.05, 3.63) is 125 Å². The van der Waals surface area contributed by atoms with Crippen molar-refractivity contribution < 1.29 is 33.4 Å². The number of para-hydroxylation sites is 3. The van der Waals surface area contributed by atoms with Gasteiger partial charge in [-0.3, -0.25) is 28.8 Å². The van der Waals surface area contributed by atoms with E-state index in [0.29, 0.717) is 50.6 Å². The number of oxazole rings is 1. The van der Waals surface area contributed by atoms with Crippen molar-refractivity contribution in [1.82, 2.24) is 14.8 Å². The lowest BCUT2D eigenvalue weighted by Crippen LogP contribution is -2.49. The molecule has 1 saturated carbocycles. The Bertz CT molecular complexity index is 3080. The number of allylic oxidation sites excluding steroid dienone is 2. The number of imide groups is 2. The molecular weight excluding hydrogens is 838 g/mol.